The summed E-state index contributed by atoms with van der Waals surface area (Å²) in [5.74, 6) is 0.161. The number of aryl methyl sites for hydroxylation is 2. The first-order valence-corrected chi connectivity index (χ1v) is 6.29. The fourth-order valence-electron chi connectivity index (χ4n) is 1.93. The molecule has 5 heteroatoms. The monoisotopic (exact) mass is 272 g/mol. The largest absolute Gasteiger partial charge is 0.481 e. The number of benzene rings is 1. The summed E-state index contributed by atoms with van der Waals surface area (Å²) in [7, 11) is 1.52. The number of ether oxygens (including phenoxy) is 1. The van der Waals surface area contributed by atoms with Gasteiger partial charge in [-0.3, -0.25) is 4.79 Å². The number of carboxylic acid groups (broad SMARTS) is 1. The second kappa shape index (κ2) is 6.14. The Morgan fingerprint density at radius 1 is 1.35 bits per heavy atom. The second-order valence-corrected chi connectivity index (χ2v) is 4.44. The minimum atomic E-state index is -0.852. The van der Waals surface area contributed by atoms with Gasteiger partial charge in [-0.2, -0.15) is 4.98 Å². The molecular weight excluding hydrogens is 256 g/mol. The lowest BCUT2D eigenvalue weighted by atomic mass is 10.1. The van der Waals surface area contributed by atoms with Gasteiger partial charge in [-0.1, -0.05) is 24.3 Å². The molecule has 104 valence electrons. The lowest BCUT2D eigenvalue weighted by Gasteiger charge is -2.09. The number of aliphatic carboxylic acids is 1. The van der Waals surface area contributed by atoms with Gasteiger partial charge in [-0.25, -0.2) is 4.98 Å². The predicted octanol–water partition coefficient (Wildman–Crippen LogP) is 2.48. The Balaban J connectivity index is 2.34. The van der Waals surface area contributed by atoms with Gasteiger partial charge in [0.25, 0.3) is 0 Å². The van der Waals surface area contributed by atoms with Crippen molar-refractivity contribution in [2.45, 2.75) is 19.8 Å². The zero-order chi connectivity index (χ0) is 14.5. The van der Waals surface area contributed by atoms with Gasteiger partial charge in [0.2, 0.25) is 5.88 Å². The maximum absolute atomic E-state index is 10.6. The van der Waals surface area contributed by atoms with Crippen molar-refractivity contribution in [2.24, 2.45) is 0 Å². The molecule has 2 rings (SSSR count). The fourth-order valence-corrected chi connectivity index (χ4v) is 1.93. The molecule has 0 radical (unpaired) electrons. The first-order chi connectivity index (χ1) is 9.61. The minimum absolute atomic E-state index is 0.0312. The van der Waals surface area contributed by atoms with Crippen LogP contribution in [0.1, 0.15) is 17.5 Å². The lowest BCUT2D eigenvalue weighted by Crippen LogP contribution is -2.03. The van der Waals surface area contributed by atoms with E-state index in [4.69, 9.17) is 9.84 Å². The number of methoxy groups -OCH3 is 1. The maximum Gasteiger partial charge on any atom is 0.303 e. The molecule has 1 aromatic carbocycles. The van der Waals surface area contributed by atoms with Gasteiger partial charge in [-0.05, 0) is 18.9 Å². The number of carboxylic acids is 1. The molecule has 0 bridgehead atoms. The number of carbonyl (C=O) groups is 1. The van der Waals surface area contributed by atoms with Gasteiger partial charge in [0.15, 0.2) is 5.82 Å². The highest BCUT2D eigenvalue weighted by Crippen LogP contribution is 2.23. The molecule has 0 aliphatic heterocycles. The van der Waals surface area contributed by atoms with E-state index in [0.717, 1.165) is 11.1 Å². The number of hydrogen-bond acceptors (Lipinski definition) is 4. The molecule has 0 aliphatic rings. The van der Waals surface area contributed by atoms with E-state index >= 15 is 0 Å². The van der Waals surface area contributed by atoms with Crippen molar-refractivity contribution < 1.29 is 14.6 Å². The molecule has 1 heterocycles. The van der Waals surface area contributed by atoms with E-state index in [1.54, 1.807) is 6.20 Å². The van der Waals surface area contributed by atoms with E-state index in [1.165, 1.54) is 7.11 Å². The summed E-state index contributed by atoms with van der Waals surface area (Å²) in [4.78, 5) is 19.3. The molecule has 0 amide bonds. The topological polar surface area (TPSA) is 72.3 Å². The molecular formula is C15H16N2O3. The van der Waals surface area contributed by atoms with Crippen molar-refractivity contribution >= 4 is 5.97 Å². The van der Waals surface area contributed by atoms with E-state index in [1.807, 2.05) is 31.2 Å². The molecule has 0 spiro atoms. The van der Waals surface area contributed by atoms with E-state index in [-0.39, 0.29) is 6.42 Å². The van der Waals surface area contributed by atoms with Crippen LogP contribution in [-0.2, 0) is 11.2 Å². The molecule has 0 fully saturated rings. The van der Waals surface area contributed by atoms with Gasteiger partial charge in [0.1, 0.15) is 0 Å². The van der Waals surface area contributed by atoms with E-state index in [9.17, 15) is 4.79 Å². The van der Waals surface area contributed by atoms with Crippen LogP contribution in [-0.4, -0.2) is 28.2 Å². The molecule has 1 N–H and O–H groups in total. The van der Waals surface area contributed by atoms with Gasteiger partial charge in [0.05, 0.1) is 7.11 Å². The summed E-state index contributed by atoms with van der Waals surface area (Å²) in [6.45, 7) is 1.99. The number of nitrogens with zero attached hydrogens (tertiary/aromatic N) is 2. The van der Waals surface area contributed by atoms with Crippen LogP contribution < -0.4 is 4.74 Å². The average molecular weight is 272 g/mol. The van der Waals surface area contributed by atoms with Crippen molar-refractivity contribution in [3.8, 4) is 17.3 Å². The van der Waals surface area contributed by atoms with E-state index < -0.39 is 5.97 Å². The van der Waals surface area contributed by atoms with Crippen LogP contribution in [0.2, 0.25) is 0 Å². The van der Waals surface area contributed by atoms with E-state index in [0.29, 0.717) is 23.7 Å². The van der Waals surface area contributed by atoms with Crippen LogP contribution in [0.5, 0.6) is 5.88 Å². The molecule has 1 aromatic heterocycles. The van der Waals surface area contributed by atoms with Gasteiger partial charge in [0, 0.05) is 23.7 Å². The maximum atomic E-state index is 10.6. The smallest absolute Gasteiger partial charge is 0.303 e. The molecule has 2 aromatic rings. The molecule has 0 saturated heterocycles. The SMILES string of the molecule is COc1nc(-c2ccccc2C)ncc1CCC(=O)O. The summed E-state index contributed by atoms with van der Waals surface area (Å²) < 4.78 is 5.24. The molecule has 0 aliphatic carbocycles. The summed E-state index contributed by atoms with van der Waals surface area (Å²) in [6.07, 6.45) is 2.02. The highest BCUT2D eigenvalue weighted by Gasteiger charge is 2.11. The van der Waals surface area contributed by atoms with Crippen molar-refractivity contribution in [2.75, 3.05) is 7.11 Å². The van der Waals surface area contributed by atoms with Crippen molar-refractivity contribution in [1.29, 1.82) is 0 Å². The van der Waals surface area contributed by atoms with Crippen LogP contribution in [0.3, 0.4) is 0 Å². The van der Waals surface area contributed by atoms with Crippen molar-refractivity contribution in [3.05, 3.63) is 41.6 Å². The average Bonchev–Trinajstić information content (AvgIpc) is 2.45. The zero-order valence-electron chi connectivity index (χ0n) is 11.5. The quantitative estimate of drug-likeness (QED) is 0.905. The second-order valence-electron chi connectivity index (χ2n) is 4.44. The van der Waals surface area contributed by atoms with Crippen LogP contribution in [0.4, 0.5) is 0 Å². The highest BCUT2D eigenvalue weighted by atomic mass is 16.5. The zero-order valence-corrected chi connectivity index (χ0v) is 11.5. The Morgan fingerprint density at radius 2 is 2.10 bits per heavy atom. The van der Waals surface area contributed by atoms with Crippen LogP contribution in [0.15, 0.2) is 30.5 Å². The predicted molar refractivity (Wildman–Crippen MR) is 74.7 cm³/mol. The first-order valence-electron chi connectivity index (χ1n) is 6.29. The Kier molecular flexibility index (Phi) is 4.30. The first kappa shape index (κ1) is 14.0. The summed E-state index contributed by atoms with van der Waals surface area (Å²) in [5, 5.41) is 8.73. The van der Waals surface area contributed by atoms with E-state index in [2.05, 4.69) is 9.97 Å². The Bertz CT molecular complexity index is 626. The molecule has 20 heavy (non-hydrogen) atoms. The van der Waals surface area contributed by atoms with Crippen molar-refractivity contribution in [3.63, 3.8) is 0 Å². The molecule has 0 atom stereocenters. The third-order valence-electron chi connectivity index (χ3n) is 3.01. The highest BCUT2D eigenvalue weighted by molar-refractivity contribution is 5.67. The standard InChI is InChI=1S/C15H16N2O3/c1-10-5-3-4-6-12(10)14-16-9-11(7-8-13(18)19)15(17-14)20-2/h3-6,9H,7-8H2,1-2H3,(H,18,19). The number of rotatable bonds is 5. The van der Waals surface area contributed by atoms with Crippen LogP contribution >= 0.6 is 0 Å². The fraction of sp³-hybridized carbons (Fsp3) is 0.267. The summed E-state index contributed by atoms with van der Waals surface area (Å²) >= 11 is 0. The lowest BCUT2D eigenvalue weighted by molar-refractivity contribution is -0.136. The van der Waals surface area contributed by atoms with Crippen LogP contribution in [0.25, 0.3) is 11.4 Å². The third-order valence-corrected chi connectivity index (χ3v) is 3.01. The third kappa shape index (κ3) is 3.12. The molecule has 0 saturated carbocycles. The summed E-state index contributed by atoms with van der Waals surface area (Å²) in [5.41, 5.74) is 2.72. The summed E-state index contributed by atoms with van der Waals surface area (Å²) in [6, 6.07) is 7.82. The number of aromatic nitrogens is 2. The normalized spacial score (nSPS) is 10.3. The Labute approximate surface area is 117 Å². The van der Waals surface area contributed by atoms with Crippen molar-refractivity contribution in [1.82, 2.24) is 9.97 Å². The number of hydrogen-bond donors (Lipinski definition) is 1. The molecule has 0 unspecified atom stereocenters. The van der Waals surface area contributed by atoms with Gasteiger partial charge in [-0.15, -0.1) is 0 Å². The van der Waals surface area contributed by atoms with Crippen LogP contribution in [0, 0.1) is 6.92 Å². The minimum Gasteiger partial charge on any atom is -0.481 e. The van der Waals surface area contributed by atoms with Gasteiger partial charge >= 0.3 is 5.97 Å². The Hall–Kier alpha value is -2.43. The Morgan fingerprint density at radius 3 is 2.75 bits per heavy atom. The molecule has 5 nitrogen and oxygen atoms in total. The van der Waals surface area contributed by atoms with Gasteiger partial charge < -0.3 is 9.84 Å².